The summed E-state index contributed by atoms with van der Waals surface area (Å²) in [4.78, 5) is 11.6. The Hall–Kier alpha value is -1.26. The fourth-order valence-electron chi connectivity index (χ4n) is 1.53. The second-order valence-electron chi connectivity index (χ2n) is 4.13. The normalized spacial score (nSPS) is 9.58. The van der Waals surface area contributed by atoms with Gasteiger partial charge < -0.3 is 15.4 Å². The van der Waals surface area contributed by atoms with Crippen molar-refractivity contribution in [2.75, 3.05) is 25.5 Å². The van der Waals surface area contributed by atoms with Crippen molar-refractivity contribution in [1.82, 2.24) is 5.32 Å². The fourth-order valence-corrected chi connectivity index (χ4v) is 1.53. The zero-order valence-corrected chi connectivity index (χ0v) is 12.4. The molecular weight excluding hydrogens is 264 g/mol. The Labute approximate surface area is 121 Å². The molecular formula is C14H23ClN2O2. The van der Waals surface area contributed by atoms with Crippen LogP contribution in [0.3, 0.4) is 0 Å². The quantitative estimate of drug-likeness (QED) is 0.723. The van der Waals surface area contributed by atoms with Gasteiger partial charge in [-0.15, -0.1) is 12.4 Å². The van der Waals surface area contributed by atoms with Crippen molar-refractivity contribution in [3.8, 4) is 5.75 Å². The van der Waals surface area contributed by atoms with Crippen LogP contribution in [0.15, 0.2) is 24.3 Å². The van der Waals surface area contributed by atoms with Crippen LogP contribution in [-0.2, 0) is 4.79 Å². The number of halogens is 1. The van der Waals surface area contributed by atoms with Gasteiger partial charge in [0.2, 0.25) is 5.91 Å². The maximum atomic E-state index is 11.6. The van der Waals surface area contributed by atoms with Crippen molar-refractivity contribution in [3.05, 3.63) is 24.3 Å². The first-order valence-electron chi connectivity index (χ1n) is 6.43. The molecule has 0 aliphatic carbocycles. The number of hydrogen-bond donors (Lipinski definition) is 2. The van der Waals surface area contributed by atoms with Crippen LogP contribution < -0.4 is 15.4 Å². The highest BCUT2D eigenvalue weighted by molar-refractivity contribution is 5.90. The number of amides is 1. The van der Waals surface area contributed by atoms with E-state index >= 15 is 0 Å². The molecule has 2 N–H and O–H groups in total. The Morgan fingerprint density at radius 1 is 1.37 bits per heavy atom. The van der Waals surface area contributed by atoms with E-state index in [-0.39, 0.29) is 18.3 Å². The maximum Gasteiger partial charge on any atom is 0.224 e. The van der Waals surface area contributed by atoms with Crippen molar-refractivity contribution in [1.29, 1.82) is 0 Å². The molecule has 0 bridgehead atoms. The summed E-state index contributed by atoms with van der Waals surface area (Å²) < 4.78 is 5.51. The van der Waals surface area contributed by atoms with Crippen LogP contribution in [0, 0.1) is 0 Å². The van der Waals surface area contributed by atoms with Gasteiger partial charge in [-0.25, -0.2) is 0 Å². The second kappa shape index (κ2) is 10.6. The Morgan fingerprint density at radius 2 is 2.16 bits per heavy atom. The van der Waals surface area contributed by atoms with Crippen molar-refractivity contribution in [2.24, 2.45) is 0 Å². The molecule has 1 aromatic carbocycles. The molecule has 4 nitrogen and oxygen atoms in total. The second-order valence-corrected chi connectivity index (χ2v) is 4.13. The van der Waals surface area contributed by atoms with Gasteiger partial charge in [0.25, 0.3) is 0 Å². The smallest absolute Gasteiger partial charge is 0.224 e. The molecule has 1 amide bonds. The molecule has 0 radical (unpaired) electrons. The highest BCUT2D eigenvalue weighted by atomic mass is 35.5. The Kier molecular flexibility index (Phi) is 9.94. The molecule has 0 saturated heterocycles. The van der Waals surface area contributed by atoms with E-state index in [1.54, 1.807) is 0 Å². The van der Waals surface area contributed by atoms with E-state index in [1.807, 2.05) is 31.3 Å². The van der Waals surface area contributed by atoms with Crippen LogP contribution in [0.2, 0.25) is 0 Å². The minimum absolute atomic E-state index is 0. The van der Waals surface area contributed by atoms with Gasteiger partial charge in [0, 0.05) is 18.2 Å². The minimum atomic E-state index is 0. The summed E-state index contributed by atoms with van der Waals surface area (Å²) in [5.41, 5.74) is 0.790. The summed E-state index contributed by atoms with van der Waals surface area (Å²) >= 11 is 0. The van der Waals surface area contributed by atoms with Crippen molar-refractivity contribution in [3.63, 3.8) is 0 Å². The summed E-state index contributed by atoms with van der Waals surface area (Å²) in [6.45, 7) is 3.61. The summed E-state index contributed by atoms with van der Waals surface area (Å²) in [5.74, 6) is 0.836. The van der Waals surface area contributed by atoms with E-state index in [0.717, 1.165) is 30.8 Å². The van der Waals surface area contributed by atoms with Crippen LogP contribution in [-0.4, -0.2) is 26.1 Å². The number of nitrogens with one attached hydrogen (secondary N) is 2. The summed E-state index contributed by atoms with van der Waals surface area (Å²) in [5, 5.41) is 5.89. The molecule has 1 rings (SSSR count). The molecule has 0 spiro atoms. The van der Waals surface area contributed by atoms with Gasteiger partial charge in [0.05, 0.1) is 6.61 Å². The van der Waals surface area contributed by atoms with E-state index in [2.05, 4.69) is 17.6 Å². The van der Waals surface area contributed by atoms with Crippen LogP contribution >= 0.6 is 12.4 Å². The minimum Gasteiger partial charge on any atom is -0.494 e. The van der Waals surface area contributed by atoms with Gasteiger partial charge in [-0.3, -0.25) is 4.79 Å². The van der Waals surface area contributed by atoms with Crippen molar-refractivity contribution in [2.45, 2.75) is 26.2 Å². The lowest BCUT2D eigenvalue weighted by molar-refractivity contribution is -0.116. The third-order valence-electron chi connectivity index (χ3n) is 2.42. The Balaban J connectivity index is 0.00000324. The molecule has 108 valence electrons. The Bertz CT molecular complexity index is 372. The number of anilines is 1. The molecule has 1 aromatic rings. The molecule has 0 unspecified atom stereocenters. The summed E-state index contributed by atoms with van der Waals surface area (Å²) in [6.07, 6.45) is 2.34. The first kappa shape index (κ1) is 17.7. The average Bonchev–Trinajstić information content (AvgIpc) is 2.37. The number of carbonyl (C=O) groups is 1. The third-order valence-corrected chi connectivity index (χ3v) is 2.42. The molecule has 0 atom stereocenters. The van der Waals surface area contributed by atoms with Crippen LogP contribution in [0.1, 0.15) is 26.2 Å². The lowest BCUT2D eigenvalue weighted by atomic mass is 10.2. The predicted molar refractivity (Wildman–Crippen MR) is 81.3 cm³/mol. The van der Waals surface area contributed by atoms with Gasteiger partial charge in [-0.1, -0.05) is 13.0 Å². The van der Waals surface area contributed by atoms with Crippen molar-refractivity contribution >= 4 is 24.0 Å². The molecule has 0 fully saturated rings. The van der Waals surface area contributed by atoms with E-state index in [9.17, 15) is 4.79 Å². The zero-order chi connectivity index (χ0) is 13.2. The van der Waals surface area contributed by atoms with Crippen LogP contribution in [0.5, 0.6) is 5.75 Å². The van der Waals surface area contributed by atoms with Crippen LogP contribution in [0.25, 0.3) is 0 Å². The number of benzene rings is 1. The fraction of sp³-hybridized carbons (Fsp3) is 0.500. The molecule has 0 aliphatic heterocycles. The van der Waals surface area contributed by atoms with Crippen LogP contribution in [0.4, 0.5) is 5.69 Å². The van der Waals surface area contributed by atoms with E-state index in [1.165, 1.54) is 0 Å². The highest BCUT2D eigenvalue weighted by Crippen LogP contribution is 2.17. The molecule has 0 aromatic heterocycles. The van der Waals surface area contributed by atoms with Crippen molar-refractivity contribution < 1.29 is 9.53 Å². The topological polar surface area (TPSA) is 50.4 Å². The number of ether oxygens (including phenoxy) is 1. The maximum absolute atomic E-state index is 11.6. The SMILES string of the molecule is CCCOc1cccc(NC(=O)CCCNC)c1.Cl. The number of carbonyl (C=O) groups excluding carboxylic acids is 1. The van der Waals surface area contributed by atoms with Gasteiger partial charge in [0.15, 0.2) is 0 Å². The average molecular weight is 287 g/mol. The molecule has 19 heavy (non-hydrogen) atoms. The van der Waals surface area contributed by atoms with E-state index in [4.69, 9.17) is 4.74 Å². The monoisotopic (exact) mass is 286 g/mol. The summed E-state index contributed by atoms with van der Waals surface area (Å²) in [7, 11) is 1.88. The zero-order valence-electron chi connectivity index (χ0n) is 11.6. The standard InChI is InChI=1S/C14H22N2O2.ClH/c1-3-10-18-13-7-4-6-12(11-13)16-14(17)8-5-9-15-2;/h4,6-7,11,15H,3,5,8-10H2,1-2H3,(H,16,17);1H. The van der Waals surface area contributed by atoms with E-state index < -0.39 is 0 Å². The van der Waals surface area contributed by atoms with E-state index in [0.29, 0.717) is 13.0 Å². The summed E-state index contributed by atoms with van der Waals surface area (Å²) in [6, 6.07) is 7.50. The number of rotatable bonds is 8. The number of hydrogen-bond acceptors (Lipinski definition) is 3. The lowest BCUT2D eigenvalue weighted by Crippen LogP contribution is -2.15. The highest BCUT2D eigenvalue weighted by Gasteiger charge is 2.02. The predicted octanol–water partition coefficient (Wildman–Crippen LogP) is 2.84. The lowest BCUT2D eigenvalue weighted by Gasteiger charge is -2.08. The van der Waals surface area contributed by atoms with Gasteiger partial charge >= 0.3 is 0 Å². The van der Waals surface area contributed by atoms with Gasteiger partial charge in [-0.05, 0) is 38.6 Å². The largest absolute Gasteiger partial charge is 0.494 e. The first-order valence-corrected chi connectivity index (χ1v) is 6.43. The molecule has 5 heteroatoms. The molecule has 0 heterocycles. The Morgan fingerprint density at radius 3 is 2.84 bits per heavy atom. The first-order chi connectivity index (χ1) is 8.76. The third kappa shape index (κ3) is 7.70. The van der Waals surface area contributed by atoms with Gasteiger partial charge in [-0.2, -0.15) is 0 Å². The molecule has 0 aliphatic rings. The van der Waals surface area contributed by atoms with Gasteiger partial charge in [0.1, 0.15) is 5.75 Å². The molecule has 0 saturated carbocycles.